The fourth-order valence-electron chi connectivity index (χ4n) is 1.66. The molecule has 0 aliphatic heterocycles. The van der Waals surface area contributed by atoms with Crippen molar-refractivity contribution in [1.82, 2.24) is 4.98 Å². The molecule has 1 heterocycles. The second-order valence-corrected chi connectivity index (χ2v) is 6.18. The number of halogens is 1. The number of rotatable bonds is 5. The molecule has 5 heteroatoms. The van der Waals surface area contributed by atoms with Crippen molar-refractivity contribution in [3.63, 3.8) is 0 Å². The molecule has 0 radical (unpaired) electrons. The van der Waals surface area contributed by atoms with E-state index < -0.39 is 6.10 Å². The van der Waals surface area contributed by atoms with E-state index in [1.54, 1.807) is 18.0 Å². The SMILES string of the molecule is Nc1ncccc1CC(O)CSc1ccc(Br)cc1. The van der Waals surface area contributed by atoms with Crippen LogP contribution >= 0.6 is 27.7 Å². The second-order valence-electron chi connectivity index (χ2n) is 4.17. The fraction of sp³-hybridized carbons (Fsp3) is 0.214. The molecule has 100 valence electrons. The summed E-state index contributed by atoms with van der Waals surface area (Å²) in [4.78, 5) is 5.16. The molecule has 2 rings (SSSR count). The maximum absolute atomic E-state index is 10.0. The minimum absolute atomic E-state index is 0.430. The third kappa shape index (κ3) is 4.53. The Morgan fingerprint density at radius 3 is 2.68 bits per heavy atom. The molecule has 19 heavy (non-hydrogen) atoms. The number of aliphatic hydroxyl groups is 1. The Kier molecular flexibility index (Phi) is 5.24. The zero-order chi connectivity index (χ0) is 13.7. The van der Waals surface area contributed by atoms with Crippen molar-refractivity contribution in [1.29, 1.82) is 0 Å². The predicted molar refractivity (Wildman–Crippen MR) is 83.2 cm³/mol. The Morgan fingerprint density at radius 2 is 2.00 bits per heavy atom. The summed E-state index contributed by atoms with van der Waals surface area (Å²) < 4.78 is 1.06. The lowest BCUT2D eigenvalue weighted by atomic mass is 10.1. The summed E-state index contributed by atoms with van der Waals surface area (Å²) in [6, 6.07) is 11.8. The van der Waals surface area contributed by atoms with Crippen molar-refractivity contribution < 1.29 is 5.11 Å². The number of nitrogens with zero attached hydrogens (tertiary/aromatic N) is 1. The van der Waals surface area contributed by atoms with E-state index in [9.17, 15) is 5.11 Å². The Bertz CT molecular complexity index is 533. The Labute approximate surface area is 125 Å². The molecule has 3 N–H and O–H groups in total. The highest BCUT2D eigenvalue weighted by molar-refractivity contribution is 9.10. The van der Waals surface area contributed by atoms with Crippen molar-refractivity contribution in [2.45, 2.75) is 17.4 Å². The lowest BCUT2D eigenvalue weighted by Gasteiger charge is -2.11. The molecule has 3 nitrogen and oxygen atoms in total. The average Bonchev–Trinajstić information content (AvgIpc) is 2.41. The fourth-order valence-corrected chi connectivity index (χ4v) is 2.75. The topological polar surface area (TPSA) is 59.1 Å². The van der Waals surface area contributed by atoms with Crippen LogP contribution in [0.5, 0.6) is 0 Å². The molecule has 0 saturated heterocycles. The van der Waals surface area contributed by atoms with Crippen LogP contribution in [-0.2, 0) is 6.42 Å². The molecule has 0 bridgehead atoms. The molecule has 0 aliphatic rings. The zero-order valence-electron chi connectivity index (χ0n) is 10.3. The van der Waals surface area contributed by atoms with Crippen molar-refractivity contribution in [2.24, 2.45) is 0 Å². The van der Waals surface area contributed by atoms with E-state index in [0.29, 0.717) is 18.0 Å². The van der Waals surface area contributed by atoms with Gasteiger partial charge in [-0.3, -0.25) is 0 Å². The number of nitrogens with two attached hydrogens (primary N) is 1. The van der Waals surface area contributed by atoms with E-state index in [1.165, 1.54) is 0 Å². The molecule has 0 aliphatic carbocycles. The van der Waals surface area contributed by atoms with Crippen LogP contribution in [0.15, 0.2) is 52.0 Å². The number of pyridine rings is 1. The minimum atomic E-state index is -0.430. The number of hydrogen-bond acceptors (Lipinski definition) is 4. The van der Waals surface area contributed by atoms with E-state index in [4.69, 9.17) is 5.73 Å². The van der Waals surface area contributed by atoms with Crippen LogP contribution < -0.4 is 5.73 Å². The quantitative estimate of drug-likeness (QED) is 0.822. The summed E-state index contributed by atoms with van der Waals surface area (Å²) in [5.41, 5.74) is 6.65. The number of hydrogen-bond donors (Lipinski definition) is 2. The molecule has 0 fully saturated rings. The van der Waals surface area contributed by atoms with Gasteiger partial charge in [-0.25, -0.2) is 4.98 Å². The molecule has 0 amide bonds. The van der Waals surface area contributed by atoms with Gasteiger partial charge in [0.1, 0.15) is 5.82 Å². The van der Waals surface area contributed by atoms with Gasteiger partial charge in [0.05, 0.1) is 6.10 Å². The van der Waals surface area contributed by atoms with Crippen molar-refractivity contribution in [3.05, 3.63) is 52.6 Å². The molecule has 0 spiro atoms. The molecule has 1 unspecified atom stereocenters. The largest absolute Gasteiger partial charge is 0.392 e. The number of aromatic nitrogens is 1. The van der Waals surface area contributed by atoms with E-state index in [2.05, 4.69) is 20.9 Å². The van der Waals surface area contributed by atoms with Gasteiger partial charge in [-0.05, 0) is 35.9 Å². The summed E-state index contributed by atoms with van der Waals surface area (Å²) in [5, 5.41) is 10.0. The number of anilines is 1. The Hall–Kier alpha value is -1.04. The number of nitrogen functional groups attached to an aromatic ring is 1. The first-order chi connectivity index (χ1) is 9.15. The summed E-state index contributed by atoms with van der Waals surface area (Å²) in [6.07, 6.45) is 1.76. The smallest absolute Gasteiger partial charge is 0.126 e. The summed E-state index contributed by atoms with van der Waals surface area (Å²) in [5.74, 6) is 1.13. The van der Waals surface area contributed by atoms with Gasteiger partial charge in [0.2, 0.25) is 0 Å². The molecule has 1 aromatic heterocycles. The van der Waals surface area contributed by atoms with Crippen LogP contribution in [0, 0.1) is 0 Å². The van der Waals surface area contributed by atoms with Crippen molar-refractivity contribution >= 4 is 33.5 Å². The summed E-state index contributed by atoms with van der Waals surface area (Å²) >= 11 is 5.03. The van der Waals surface area contributed by atoms with Gasteiger partial charge in [-0.1, -0.05) is 22.0 Å². The van der Waals surface area contributed by atoms with Crippen LogP contribution in [-0.4, -0.2) is 21.9 Å². The Morgan fingerprint density at radius 1 is 1.26 bits per heavy atom. The van der Waals surface area contributed by atoms with Gasteiger partial charge in [-0.15, -0.1) is 11.8 Å². The van der Waals surface area contributed by atoms with Gasteiger partial charge in [0.25, 0.3) is 0 Å². The molecular formula is C14H15BrN2OS. The first-order valence-electron chi connectivity index (χ1n) is 5.91. The molecular weight excluding hydrogens is 324 g/mol. The maximum Gasteiger partial charge on any atom is 0.126 e. The molecule has 2 aromatic rings. The highest BCUT2D eigenvalue weighted by atomic mass is 79.9. The van der Waals surface area contributed by atoms with E-state index in [1.807, 2.05) is 36.4 Å². The number of thioether (sulfide) groups is 1. The van der Waals surface area contributed by atoms with Gasteiger partial charge in [0, 0.05) is 27.7 Å². The molecule has 1 aromatic carbocycles. The highest BCUT2D eigenvalue weighted by Gasteiger charge is 2.09. The first kappa shape index (κ1) is 14.4. The Balaban J connectivity index is 1.86. The van der Waals surface area contributed by atoms with Crippen molar-refractivity contribution in [3.8, 4) is 0 Å². The zero-order valence-corrected chi connectivity index (χ0v) is 12.7. The third-order valence-corrected chi connectivity index (χ3v) is 4.32. The summed E-state index contributed by atoms with van der Waals surface area (Å²) in [6.45, 7) is 0. The van der Waals surface area contributed by atoms with Crippen LogP contribution in [0.2, 0.25) is 0 Å². The maximum atomic E-state index is 10.0. The number of aliphatic hydroxyl groups excluding tert-OH is 1. The molecule has 1 atom stereocenters. The van der Waals surface area contributed by atoms with E-state index in [-0.39, 0.29) is 0 Å². The van der Waals surface area contributed by atoms with Crippen LogP contribution in [0.1, 0.15) is 5.56 Å². The monoisotopic (exact) mass is 338 g/mol. The van der Waals surface area contributed by atoms with Gasteiger partial charge < -0.3 is 10.8 Å². The van der Waals surface area contributed by atoms with Gasteiger partial charge in [0.15, 0.2) is 0 Å². The first-order valence-corrected chi connectivity index (χ1v) is 7.69. The average molecular weight is 339 g/mol. The summed E-state index contributed by atoms with van der Waals surface area (Å²) in [7, 11) is 0. The van der Waals surface area contributed by atoms with Crippen molar-refractivity contribution in [2.75, 3.05) is 11.5 Å². The third-order valence-electron chi connectivity index (χ3n) is 2.64. The lowest BCUT2D eigenvalue weighted by molar-refractivity contribution is 0.200. The van der Waals surface area contributed by atoms with Gasteiger partial charge >= 0.3 is 0 Å². The standard InChI is InChI=1S/C14H15BrN2OS/c15-11-3-5-13(6-4-11)19-9-12(18)8-10-2-1-7-17-14(10)16/h1-7,12,18H,8-9H2,(H2,16,17). The van der Waals surface area contributed by atoms with Gasteiger partial charge in [-0.2, -0.15) is 0 Å². The molecule has 0 saturated carbocycles. The predicted octanol–water partition coefficient (Wildman–Crippen LogP) is 3.12. The highest BCUT2D eigenvalue weighted by Crippen LogP contribution is 2.22. The van der Waals surface area contributed by atoms with Crippen LogP contribution in [0.4, 0.5) is 5.82 Å². The number of benzene rings is 1. The van der Waals surface area contributed by atoms with Crippen LogP contribution in [0.3, 0.4) is 0 Å². The second kappa shape index (κ2) is 6.93. The van der Waals surface area contributed by atoms with E-state index >= 15 is 0 Å². The normalized spacial score (nSPS) is 12.3. The van der Waals surface area contributed by atoms with E-state index in [0.717, 1.165) is 14.9 Å². The van der Waals surface area contributed by atoms with Crippen LogP contribution in [0.25, 0.3) is 0 Å². The lowest BCUT2D eigenvalue weighted by Crippen LogP contribution is -2.15. The minimum Gasteiger partial charge on any atom is -0.392 e.